The summed E-state index contributed by atoms with van der Waals surface area (Å²) in [4.78, 5) is 15.2. The monoisotopic (exact) mass is 306 g/mol. The number of nitrogens with zero attached hydrogens (tertiary/aromatic N) is 1. The van der Waals surface area contributed by atoms with Gasteiger partial charge < -0.3 is 15.5 Å². The summed E-state index contributed by atoms with van der Waals surface area (Å²) in [5.41, 5.74) is 1.05. The molecule has 0 unspecified atom stereocenters. The third-order valence-electron chi connectivity index (χ3n) is 2.98. The van der Waals surface area contributed by atoms with Crippen LogP contribution in [0.25, 0.3) is 0 Å². The minimum Gasteiger partial charge on any atom is -0.478 e. The fraction of sp³-hybridized carbons (Fsp3) is 0.200. The van der Waals surface area contributed by atoms with E-state index in [0.717, 1.165) is 5.56 Å². The van der Waals surface area contributed by atoms with Gasteiger partial charge >= 0.3 is 5.97 Å². The molecule has 110 valence electrons. The molecule has 0 saturated carbocycles. The highest BCUT2D eigenvalue weighted by Gasteiger charge is 2.16. The first-order valence-electron chi connectivity index (χ1n) is 6.41. The molecule has 2 rings (SSSR count). The van der Waals surface area contributed by atoms with Gasteiger partial charge in [0, 0.05) is 0 Å². The minimum absolute atomic E-state index is 0.0194. The van der Waals surface area contributed by atoms with Crippen molar-refractivity contribution >= 4 is 23.4 Å². The zero-order chi connectivity index (χ0) is 15.2. The number of carbonyl (C=O) groups is 1. The van der Waals surface area contributed by atoms with E-state index in [1.54, 1.807) is 0 Å². The van der Waals surface area contributed by atoms with E-state index in [-0.39, 0.29) is 29.2 Å². The van der Waals surface area contributed by atoms with Crippen molar-refractivity contribution in [2.24, 2.45) is 0 Å². The van der Waals surface area contributed by atoms with Crippen LogP contribution in [0.5, 0.6) is 0 Å². The summed E-state index contributed by atoms with van der Waals surface area (Å²) in [5, 5.41) is 21.8. The first-order chi connectivity index (χ1) is 10.1. The Hall–Kier alpha value is -2.11. The number of aliphatic hydroxyl groups is 1. The van der Waals surface area contributed by atoms with Crippen molar-refractivity contribution in [1.29, 1.82) is 0 Å². The first-order valence-corrected chi connectivity index (χ1v) is 6.79. The lowest BCUT2D eigenvalue weighted by molar-refractivity contribution is 0.0697. The Labute approximate surface area is 127 Å². The van der Waals surface area contributed by atoms with Crippen molar-refractivity contribution in [2.75, 3.05) is 11.9 Å². The van der Waals surface area contributed by atoms with Crippen LogP contribution < -0.4 is 5.32 Å². The van der Waals surface area contributed by atoms with Gasteiger partial charge in [-0.05, 0) is 24.1 Å². The molecule has 0 amide bonds. The molecule has 5 nitrogen and oxygen atoms in total. The van der Waals surface area contributed by atoms with Crippen molar-refractivity contribution in [2.45, 2.75) is 12.5 Å². The number of rotatable bonds is 6. The number of hydrogen-bond donors (Lipinski definition) is 3. The molecule has 0 fully saturated rings. The predicted molar refractivity (Wildman–Crippen MR) is 80.8 cm³/mol. The summed E-state index contributed by atoms with van der Waals surface area (Å²) < 4.78 is 0. The molecule has 0 bridgehead atoms. The Morgan fingerprint density at radius 2 is 1.95 bits per heavy atom. The Morgan fingerprint density at radius 3 is 2.57 bits per heavy atom. The number of anilines is 1. The van der Waals surface area contributed by atoms with Gasteiger partial charge in [0.15, 0.2) is 0 Å². The van der Waals surface area contributed by atoms with Crippen molar-refractivity contribution in [3.8, 4) is 0 Å². The van der Waals surface area contributed by atoms with Crippen LogP contribution in [0.3, 0.4) is 0 Å². The van der Waals surface area contributed by atoms with Gasteiger partial charge in [-0.1, -0.05) is 41.9 Å². The molecule has 1 atom stereocenters. The van der Waals surface area contributed by atoms with E-state index < -0.39 is 5.97 Å². The summed E-state index contributed by atoms with van der Waals surface area (Å²) >= 11 is 5.80. The number of aromatic nitrogens is 1. The van der Waals surface area contributed by atoms with E-state index in [2.05, 4.69) is 10.3 Å². The van der Waals surface area contributed by atoms with Gasteiger partial charge in [-0.2, -0.15) is 0 Å². The number of nitrogens with one attached hydrogen (secondary N) is 1. The molecule has 1 aromatic heterocycles. The second-order valence-electron chi connectivity index (χ2n) is 4.55. The number of carboxylic acids is 1. The van der Waals surface area contributed by atoms with E-state index >= 15 is 0 Å². The van der Waals surface area contributed by atoms with Crippen molar-refractivity contribution in [1.82, 2.24) is 4.98 Å². The lowest BCUT2D eigenvalue weighted by Gasteiger charge is -2.18. The molecule has 3 N–H and O–H groups in total. The molecule has 0 spiro atoms. The van der Waals surface area contributed by atoms with Gasteiger partial charge in [0.1, 0.15) is 16.5 Å². The molecular formula is C15H15ClN2O3. The summed E-state index contributed by atoms with van der Waals surface area (Å²) in [6.45, 7) is -0.151. The van der Waals surface area contributed by atoms with Crippen molar-refractivity contribution in [3.05, 3.63) is 58.7 Å². The number of hydrogen-bond acceptors (Lipinski definition) is 4. The SMILES string of the molecule is O=C(O)c1ccc(Cl)nc1N[C@H](CO)Cc1ccccc1. The molecule has 0 aliphatic heterocycles. The van der Waals surface area contributed by atoms with Crippen molar-refractivity contribution in [3.63, 3.8) is 0 Å². The normalized spacial score (nSPS) is 11.9. The molecule has 21 heavy (non-hydrogen) atoms. The number of halogens is 1. The molecule has 1 heterocycles. The molecule has 0 aliphatic carbocycles. The van der Waals surface area contributed by atoms with Gasteiger partial charge in [0.25, 0.3) is 0 Å². The maximum Gasteiger partial charge on any atom is 0.339 e. The second-order valence-corrected chi connectivity index (χ2v) is 4.94. The maximum absolute atomic E-state index is 11.2. The van der Waals surface area contributed by atoms with E-state index in [0.29, 0.717) is 6.42 Å². The highest BCUT2D eigenvalue weighted by Crippen LogP contribution is 2.18. The highest BCUT2D eigenvalue weighted by molar-refractivity contribution is 6.29. The zero-order valence-corrected chi connectivity index (χ0v) is 11.9. The van der Waals surface area contributed by atoms with Gasteiger partial charge in [-0.3, -0.25) is 0 Å². The van der Waals surface area contributed by atoms with Crippen LogP contribution in [0.2, 0.25) is 5.15 Å². The second kappa shape index (κ2) is 7.06. The van der Waals surface area contributed by atoms with Crippen LogP contribution in [0, 0.1) is 0 Å². The molecule has 0 aliphatic rings. The fourth-order valence-electron chi connectivity index (χ4n) is 1.97. The van der Waals surface area contributed by atoms with Crippen LogP contribution in [0.1, 0.15) is 15.9 Å². The largest absolute Gasteiger partial charge is 0.478 e. The number of pyridine rings is 1. The van der Waals surface area contributed by atoms with Crippen molar-refractivity contribution < 1.29 is 15.0 Å². The third kappa shape index (κ3) is 4.18. The Morgan fingerprint density at radius 1 is 1.24 bits per heavy atom. The topological polar surface area (TPSA) is 82.5 Å². The molecule has 1 aromatic carbocycles. The Bertz CT molecular complexity index is 620. The van der Waals surface area contributed by atoms with E-state index in [9.17, 15) is 9.90 Å². The number of aromatic carboxylic acids is 1. The smallest absolute Gasteiger partial charge is 0.339 e. The fourth-order valence-corrected chi connectivity index (χ4v) is 2.12. The lowest BCUT2D eigenvalue weighted by atomic mass is 10.1. The van der Waals surface area contributed by atoms with Crippen LogP contribution in [0.4, 0.5) is 5.82 Å². The van der Waals surface area contributed by atoms with Gasteiger partial charge in [0.05, 0.1) is 12.6 Å². The average molecular weight is 307 g/mol. The van der Waals surface area contributed by atoms with Crippen LogP contribution in [0.15, 0.2) is 42.5 Å². The minimum atomic E-state index is -1.10. The first kappa shape index (κ1) is 15.3. The Kier molecular flexibility index (Phi) is 5.14. The van der Waals surface area contributed by atoms with E-state index in [1.807, 2.05) is 30.3 Å². The average Bonchev–Trinajstić information content (AvgIpc) is 2.47. The lowest BCUT2D eigenvalue weighted by Crippen LogP contribution is -2.28. The predicted octanol–water partition coefficient (Wildman–Crippen LogP) is 2.45. The molecular weight excluding hydrogens is 292 g/mol. The molecule has 6 heteroatoms. The zero-order valence-electron chi connectivity index (χ0n) is 11.2. The summed E-state index contributed by atoms with van der Waals surface area (Å²) in [7, 11) is 0. The highest BCUT2D eigenvalue weighted by atomic mass is 35.5. The summed E-state index contributed by atoms with van der Waals surface area (Å²) in [6, 6.07) is 12.1. The van der Waals surface area contributed by atoms with Crippen LogP contribution in [-0.2, 0) is 6.42 Å². The van der Waals surface area contributed by atoms with E-state index in [4.69, 9.17) is 16.7 Å². The van der Waals surface area contributed by atoms with Gasteiger partial charge in [-0.25, -0.2) is 9.78 Å². The number of aliphatic hydroxyl groups excluding tert-OH is 1. The van der Waals surface area contributed by atoms with Crippen LogP contribution in [-0.4, -0.2) is 33.8 Å². The third-order valence-corrected chi connectivity index (χ3v) is 3.19. The molecule has 0 saturated heterocycles. The summed E-state index contributed by atoms with van der Waals surface area (Å²) in [6.07, 6.45) is 0.546. The molecule has 0 radical (unpaired) electrons. The van der Waals surface area contributed by atoms with Crippen LogP contribution >= 0.6 is 11.6 Å². The maximum atomic E-state index is 11.2. The van der Waals surface area contributed by atoms with E-state index in [1.165, 1.54) is 12.1 Å². The van der Waals surface area contributed by atoms with Gasteiger partial charge in [-0.15, -0.1) is 0 Å². The van der Waals surface area contributed by atoms with Gasteiger partial charge in [0.2, 0.25) is 0 Å². The summed E-state index contributed by atoms with van der Waals surface area (Å²) in [5.74, 6) is -0.942. The standard InChI is InChI=1S/C15H15ClN2O3/c16-13-7-6-12(15(20)21)14(18-13)17-11(9-19)8-10-4-2-1-3-5-10/h1-7,11,19H,8-9H2,(H,17,18)(H,20,21)/t11-/m0/s1. The quantitative estimate of drug-likeness (QED) is 0.714. The number of benzene rings is 1. The number of carboxylic acid groups (broad SMARTS) is 1. The Balaban J connectivity index is 2.18. The molecule has 2 aromatic rings.